The molecule has 7 nitrogen and oxygen atoms in total. The Morgan fingerprint density at radius 2 is 2.00 bits per heavy atom. The zero-order valence-corrected chi connectivity index (χ0v) is 12.7. The molecule has 0 atom stereocenters. The zero-order chi connectivity index (χ0) is 15.6. The molecule has 0 bridgehead atoms. The maximum Gasteiger partial charge on any atom is 0.268 e. The van der Waals surface area contributed by atoms with Crippen molar-refractivity contribution in [3.63, 3.8) is 0 Å². The van der Waals surface area contributed by atoms with Crippen LogP contribution in [0.3, 0.4) is 0 Å². The Morgan fingerprint density at radius 1 is 1.33 bits per heavy atom. The molecule has 1 heterocycles. The maximum absolute atomic E-state index is 12.9. The van der Waals surface area contributed by atoms with Crippen molar-refractivity contribution >= 4 is 21.4 Å². The highest BCUT2D eigenvalue weighted by atomic mass is 32.2. The monoisotopic (exact) mass is 310 g/mol. The van der Waals surface area contributed by atoms with Crippen molar-refractivity contribution in [3.05, 3.63) is 35.7 Å². The van der Waals surface area contributed by atoms with E-state index in [0.29, 0.717) is 22.8 Å². The smallest absolute Gasteiger partial charge is 0.268 e. The van der Waals surface area contributed by atoms with Crippen LogP contribution in [0.5, 0.6) is 0 Å². The second-order valence-electron chi connectivity index (χ2n) is 4.62. The van der Waals surface area contributed by atoms with Gasteiger partial charge < -0.3 is 10.8 Å². The Balaban J connectivity index is 2.60. The minimum atomic E-state index is -3.86. The molecule has 0 saturated carbocycles. The summed E-state index contributed by atoms with van der Waals surface area (Å²) in [5.41, 5.74) is 7.36. The quantitative estimate of drug-likeness (QED) is 0.707. The topological polar surface area (TPSA) is 112 Å². The van der Waals surface area contributed by atoms with E-state index < -0.39 is 10.0 Å². The van der Waals surface area contributed by atoms with Gasteiger partial charge in [0.05, 0.1) is 35.9 Å². The molecule has 114 valence electrons. The molecule has 0 radical (unpaired) electrons. The lowest BCUT2D eigenvalue weighted by atomic mass is 10.3. The van der Waals surface area contributed by atoms with Crippen LogP contribution in [0.25, 0.3) is 0 Å². The summed E-state index contributed by atoms with van der Waals surface area (Å²) >= 11 is 0. The van der Waals surface area contributed by atoms with E-state index in [1.807, 2.05) is 0 Å². The van der Waals surface area contributed by atoms with Crippen molar-refractivity contribution in [2.45, 2.75) is 18.7 Å². The highest BCUT2D eigenvalue weighted by Crippen LogP contribution is 2.30. The summed E-state index contributed by atoms with van der Waals surface area (Å²) in [6.07, 6.45) is 0. The Kier molecular flexibility index (Phi) is 4.19. The zero-order valence-electron chi connectivity index (χ0n) is 11.9. The number of para-hydroxylation sites is 2. The second kappa shape index (κ2) is 5.74. The number of benzene rings is 1. The van der Waals surface area contributed by atoms with Crippen molar-refractivity contribution in [3.8, 4) is 0 Å². The predicted octanol–water partition coefficient (Wildman–Crippen LogP) is 0.796. The van der Waals surface area contributed by atoms with Gasteiger partial charge >= 0.3 is 0 Å². The van der Waals surface area contributed by atoms with Gasteiger partial charge in [-0.25, -0.2) is 8.42 Å². The van der Waals surface area contributed by atoms with Crippen molar-refractivity contribution < 1.29 is 13.5 Å². The van der Waals surface area contributed by atoms with Gasteiger partial charge in [-0.2, -0.15) is 5.10 Å². The number of nitrogens with one attached hydrogen (secondary N) is 1. The SMILES string of the molecule is Cc1n[nH]c(C)c1S(=O)(=O)N(CCO)c1ccccc1N. The third-order valence-corrected chi connectivity index (χ3v) is 5.19. The van der Waals surface area contributed by atoms with Crippen LogP contribution in [0.15, 0.2) is 29.2 Å². The van der Waals surface area contributed by atoms with E-state index >= 15 is 0 Å². The van der Waals surface area contributed by atoms with E-state index in [0.717, 1.165) is 4.31 Å². The molecule has 1 aromatic heterocycles. The van der Waals surface area contributed by atoms with E-state index in [9.17, 15) is 13.5 Å². The molecule has 4 N–H and O–H groups in total. The highest BCUT2D eigenvalue weighted by Gasteiger charge is 2.30. The van der Waals surface area contributed by atoms with Crippen molar-refractivity contribution in [1.82, 2.24) is 10.2 Å². The number of nitrogens with zero attached hydrogens (tertiary/aromatic N) is 2. The number of sulfonamides is 1. The lowest BCUT2D eigenvalue weighted by Crippen LogP contribution is -2.34. The van der Waals surface area contributed by atoms with Crippen LogP contribution in [0, 0.1) is 13.8 Å². The Bertz CT molecular complexity index is 720. The van der Waals surface area contributed by atoms with Gasteiger partial charge in [0.2, 0.25) is 0 Å². The lowest BCUT2D eigenvalue weighted by Gasteiger charge is -2.25. The van der Waals surface area contributed by atoms with Crippen LogP contribution in [0.4, 0.5) is 11.4 Å². The first-order valence-corrected chi connectivity index (χ1v) is 7.83. The van der Waals surface area contributed by atoms with E-state index in [4.69, 9.17) is 5.73 Å². The van der Waals surface area contributed by atoms with E-state index in [1.54, 1.807) is 38.1 Å². The molecule has 2 rings (SSSR count). The summed E-state index contributed by atoms with van der Waals surface area (Å²) in [7, 11) is -3.86. The van der Waals surface area contributed by atoms with E-state index in [2.05, 4.69) is 10.2 Å². The molecule has 0 aliphatic heterocycles. The van der Waals surface area contributed by atoms with Crippen LogP contribution in [-0.2, 0) is 10.0 Å². The number of anilines is 2. The average molecular weight is 310 g/mol. The number of aromatic amines is 1. The standard InChI is InChI=1S/C13H18N4O3S/c1-9-13(10(2)16-15-9)21(19,20)17(7-8-18)12-6-4-3-5-11(12)14/h3-6,18H,7-8,14H2,1-2H3,(H,15,16). The Morgan fingerprint density at radius 3 is 2.52 bits per heavy atom. The van der Waals surface area contributed by atoms with Crippen LogP contribution < -0.4 is 10.0 Å². The second-order valence-corrected chi connectivity index (χ2v) is 6.42. The largest absolute Gasteiger partial charge is 0.397 e. The molecule has 0 saturated heterocycles. The maximum atomic E-state index is 12.9. The first kappa shape index (κ1) is 15.3. The van der Waals surface area contributed by atoms with Crippen LogP contribution in [0.2, 0.25) is 0 Å². The Hall–Kier alpha value is -2.06. The van der Waals surface area contributed by atoms with Crippen molar-refractivity contribution in [2.75, 3.05) is 23.2 Å². The summed E-state index contributed by atoms with van der Waals surface area (Å²) in [6.45, 7) is 2.85. The van der Waals surface area contributed by atoms with Gasteiger partial charge in [0.15, 0.2) is 0 Å². The van der Waals surface area contributed by atoms with E-state index in [-0.39, 0.29) is 18.0 Å². The third kappa shape index (κ3) is 2.72. The molecule has 0 unspecified atom stereocenters. The Labute approximate surface area is 123 Å². The summed E-state index contributed by atoms with van der Waals surface area (Å²) < 4.78 is 26.9. The number of nitrogens with two attached hydrogens (primary N) is 1. The first-order chi connectivity index (χ1) is 9.89. The van der Waals surface area contributed by atoms with Crippen molar-refractivity contribution in [2.24, 2.45) is 0 Å². The number of aliphatic hydroxyl groups excluding tert-OH is 1. The van der Waals surface area contributed by atoms with Gasteiger partial charge in [0, 0.05) is 0 Å². The molecule has 2 aromatic rings. The lowest BCUT2D eigenvalue weighted by molar-refractivity contribution is 0.306. The molecule has 0 aliphatic carbocycles. The molecule has 8 heteroatoms. The van der Waals surface area contributed by atoms with Gasteiger partial charge in [-0.1, -0.05) is 12.1 Å². The minimum absolute atomic E-state index is 0.0827. The normalized spacial score (nSPS) is 11.6. The predicted molar refractivity (Wildman–Crippen MR) is 80.5 cm³/mol. The third-order valence-electron chi connectivity index (χ3n) is 3.12. The number of aliphatic hydroxyl groups is 1. The van der Waals surface area contributed by atoms with Gasteiger partial charge in [-0.3, -0.25) is 9.40 Å². The number of rotatable bonds is 5. The van der Waals surface area contributed by atoms with E-state index in [1.165, 1.54) is 0 Å². The fraction of sp³-hybridized carbons (Fsp3) is 0.308. The average Bonchev–Trinajstić information content (AvgIpc) is 2.77. The molecule has 21 heavy (non-hydrogen) atoms. The van der Waals surface area contributed by atoms with Crippen molar-refractivity contribution in [1.29, 1.82) is 0 Å². The highest BCUT2D eigenvalue weighted by molar-refractivity contribution is 7.93. The summed E-state index contributed by atoms with van der Waals surface area (Å²) in [5, 5.41) is 15.8. The van der Waals surface area contributed by atoms with Crippen LogP contribution in [0.1, 0.15) is 11.4 Å². The molecular formula is C13H18N4O3S. The summed E-state index contributed by atoms with van der Waals surface area (Å²) in [4.78, 5) is 0.110. The number of aryl methyl sites for hydroxylation is 2. The number of hydrogen-bond acceptors (Lipinski definition) is 5. The van der Waals surface area contributed by atoms with Crippen LogP contribution >= 0.6 is 0 Å². The molecule has 0 aliphatic rings. The first-order valence-electron chi connectivity index (χ1n) is 6.39. The molecule has 0 spiro atoms. The van der Waals surface area contributed by atoms with Gasteiger partial charge in [0.25, 0.3) is 10.0 Å². The summed E-state index contributed by atoms with van der Waals surface area (Å²) in [6, 6.07) is 6.63. The molecule has 0 fully saturated rings. The number of hydrogen-bond donors (Lipinski definition) is 3. The van der Waals surface area contributed by atoms with Gasteiger partial charge in [0.1, 0.15) is 4.90 Å². The van der Waals surface area contributed by atoms with Crippen LogP contribution in [-0.4, -0.2) is 36.9 Å². The van der Waals surface area contributed by atoms with Gasteiger partial charge in [-0.15, -0.1) is 0 Å². The number of aromatic nitrogens is 2. The minimum Gasteiger partial charge on any atom is -0.397 e. The molecular weight excluding hydrogens is 292 g/mol. The van der Waals surface area contributed by atoms with Gasteiger partial charge in [-0.05, 0) is 26.0 Å². The molecule has 1 aromatic carbocycles. The molecule has 0 amide bonds. The fourth-order valence-electron chi connectivity index (χ4n) is 2.21. The summed E-state index contributed by atoms with van der Waals surface area (Å²) in [5.74, 6) is 0. The number of H-pyrrole nitrogens is 1. The number of nitrogen functional groups attached to an aromatic ring is 1. The fourth-order valence-corrected chi connectivity index (χ4v) is 4.03.